The molecule has 0 spiro atoms. The van der Waals surface area contributed by atoms with Crippen LogP contribution in [0, 0.1) is 0 Å². The molecule has 0 radical (unpaired) electrons. The Labute approximate surface area is 130 Å². The first-order valence-corrected chi connectivity index (χ1v) is 8.05. The van der Waals surface area contributed by atoms with Crippen molar-refractivity contribution in [1.82, 2.24) is 4.90 Å². The van der Waals surface area contributed by atoms with Crippen molar-refractivity contribution in [1.29, 1.82) is 0 Å². The number of carbonyl (C=O) groups is 1. The molecule has 4 heteroatoms. The van der Waals surface area contributed by atoms with Gasteiger partial charge in [-0.2, -0.15) is 11.3 Å². The number of benzene rings is 1. The normalized spacial score (nSPS) is 10.5. The molecule has 1 aromatic carbocycles. The van der Waals surface area contributed by atoms with Crippen molar-refractivity contribution in [3.05, 3.63) is 58.3 Å². The van der Waals surface area contributed by atoms with Crippen molar-refractivity contribution in [2.24, 2.45) is 0 Å². The molecule has 1 amide bonds. The lowest BCUT2D eigenvalue weighted by molar-refractivity contribution is -0.132. The number of ether oxygens (including phenoxy) is 1. The van der Waals surface area contributed by atoms with E-state index in [4.69, 9.17) is 4.74 Å². The predicted octanol–water partition coefficient (Wildman–Crippen LogP) is 3.36. The number of nitrogens with zero attached hydrogens (tertiary/aromatic N) is 1. The Bertz CT molecular complexity index is 525. The van der Waals surface area contributed by atoms with Crippen molar-refractivity contribution >= 4 is 17.2 Å². The average Bonchev–Trinajstić information content (AvgIpc) is 3.03. The fourth-order valence-corrected chi connectivity index (χ4v) is 2.81. The molecule has 0 aliphatic carbocycles. The van der Waals surface area contributed by atoms with Crippen LogP contribution in [0.3, 0.4) is 0 Å². The van der Waals surface area contributed by atoms with Crippen LogP contribution in [0.4, 0.5) is 0 Å². The maximum atomic E-state index is 12.4. The molecule has 2 rings (SSSR count). The summed E-state index contributed by atoms with van der Waals surface area (Å²) in [6.07, 6.45) is 1.32. The highest BCUT2D eigenvalue weighted by atomic mass is 32.1. The Hall–Kier alpha value is -1.65. The van der Waals surface area contributed by atoms with Gasteiger partial charge in [0.25, 0.3) is 0 Å². The quantitative estimate of drug-likeness (QED) is 0.748. The zero-order valence-corrected chi connectivity index (χ0v) is 13.1. The maximum absolute atomic E-state index is 12.4. The van der Waals surface area contributed by atoms with Crippen LogP contribution in [0.2, 0.25) is 0 Å². The van der Waals surface area contributed by atoms with Crippen molar-refractivity contribution in [3.8, 4) is 0 Å². The molecule has 0 saturated carbocycles. The van der Waals surface area contributed by atoms with Gasteiger partial charge in [0.1, 0.15) is 0 Å². The summed E-state index contributed by atoms with van der Waals surface area (Å²) >= 11 is 1.66. The lowest BCUT2D eigenvalue weighted by atomic mass is 10.1. The zero-order chi connectivity index (χ0) is 14.9. The minimum absolute atomic E-state index is 0.183. The van der Waals surface area contributed by atoms with Gasteiger partial charge in [-0.1, -0.05) is 30.3 Å². The molecule has 1 aromatic heterocycles. The van der Waals surface area contributed by atoms with Crippen molar-refractivity contribution in [3.63, 3.8) is 0 Å². The summed E-state index contributed by atoms with van der Waals surface area (Å²) < 4.78 is 5.11. The van der Waals surface area contributed by atoms with Crippen LogP contribution >= 0.6 is 11.3 Å². The maximum Gasteiger partial charge on any atom is 0.223 e. The van der Waals surface area contributed by atoms with Gasteiger partial charge in [-0.05, 0) is 34.4 Å². The van der Waals surface area contributed by atoms with Crippen LogP contribution in [0.5, 0.6) is 0 Å². The molecule has 21 heavy (non-hydrogen) atoms. The fraction of sp³-hybridized carbons (Fsp3) is 0.353. The van der Waals surface area contributed by atoms with Crippen LogP contribution in [0.15, 0.2) is 47.2 Å². The molecular formula is C17H21NO2S. The summed E-state index contributed by atoms with van der Waals surface area (Å²) in [6.45, 7) is 1.88. The topological polar surface area (TPSA) is 29.5 Å². The van der Waals surface area contributed by atoms with E-state index < -0.39 is 0 Å². The summed E-state index contributed by atoms with van der Waals surface area (Å²) in [5, 5.41) is 4.13. The van der Waals surface area contributed by atoms with E-state index in [1.165, 1.54) is 11.1 Å². The Morgan fingerprint density at radius 3 is 2.67 bits per heavy atom. The minimum Gasteiger partial charge on any atom is -0.383 e. The number of hydrogen-bond donors (Lipinski definition) is 0. The van der Waals surface area contributed by atoms with Crippen molar-refractivity contribution in [2.45, 2.75) is 19.4 Å². The van der Waals surface area contributed by atoms with Crippen LogP contribution < -0.4 is 0 Å². The first-order valence-electron chi connectivity index (χ1n) is 7.11. The standard InChI is InChI=1S/C17H21NO2S/c1-20-11-10-18(13-16-9-12-21-14-16)17(19)8-7-15-5-3-2-4-6-15/h2-6,9,12,14H,7-8,10-11,13H2,1H3. The van der Waals surface area contributed by atoms with Crippen LogP contribution in [0.25, 0.3) is 0 Å². The number of rotatable bonds is 8. The number of amides is 1. The molecule has 0 fully saturated rings. The second-order valence-corrected chi connectivity index (χ2v) is 5.71. The second-order valence-electron chi connectivity index (χ2n) is 4.93. The van der Waals surface area contributed by atoms with E-state index in [0.29, 0.717) is 26.1 Å². The Kier molecular flexibility index (Phi) is 6.44. The monoisotopic (exact) mass is 303 g/mol. The van der Waals surface area contributed by atoms with Crippen molar-refractivity contribution in [2.75, 3.05) is 20.3 Å². The average molecular weight is 303 g/mol. The smallest absolute Gasteiger partial charge is 0.223 e. The van der Waals surface area contributed by atoms with E-state index in [9.17, 15) is 4.79 Å². The summed E-state index contributed by atoms with van der Waals surface area (Å²) in [5.41, 5.74) is 2.39. The molecular weight excluding hydrogens is 282 g/mol. The fourth-order valence-electron chi connectivity index (χ4n) is 2.15. The third-order valence-corrected chi connectivity index (χ3v) is 4.07. The molecule has 0 aliphatic rings. The van der Waals surface area contributed by atoms with Gasteiger partial charge in [0.15, 0.2) is 0 Å². The number of carbonyl (C=O) groups excluding carboxylic acids is 1. The largest absolute Gasteiger partial charge is 0.383 e. The van der Waals surface area contributed by atoms with Crippen LogP contribution in [0.1, 0.15) is 17.5 Å². The number of thiophene rings is 1. The van der Waals surface area contributed by atoms with Gasteiger partial charge in [0.2, 0.25) is 5.91 Å². The second kappa shape index (κ2) is 8.60. The minimum atomic E-state index is 0.183. The van der Waals surface area contributed by atoms with Gasteiger partial charge >= 0.3 is 0 Å². The third-order valence-electron chi connectivity index (χ3n) is 3.34. The van der Waals surface area contributed by atoms with E-state index in [1.807, 2.05) is 28.5 Å². The van der Waals surface area contributed by atoms with E-state index >= 15 is 0 Å². The Balaban J connectivity index is 1.90. The molecule has 0 saturated heterocycles. The Morgan fingerprint density at radius 2 is 2.00 bits per heavy atom. The molecule has 0 N–H and O–H groups in total. The van der Waals surface area contributed by atoms with Gasteiger partial charge in [-0.15, -0.1) is 0 Å². The summed E-state index contributed by atoms with van der Waals surface area (Å²) in [4.78, 5) is 14.3. The highest BCUT2D eigenvalue weighted by molar-refractivity contribution is 7.07. The first-order chi connectivity index (χ1) is 10.3. The molecule has 2 aromatic rings. The van der Waals surface area contributed by atoms with E-state index in [0.717, 1.165) is 6.42 Å². The molecule has 0 aliphatic heterocycles. The zero-order valence-electron chi connectivity index (χ0n) is 12.3. The van der Waals surface area contributed by atoms with E-state index in [-0.39, 0.29) is 5.91 Å². The summed E-state index contributed by atoms with van der Waals surface area (Å²) in [6, 6.07) is 12.2. The highest BCUT2D eigenvalue weighted by Crippen LogP contribution is 2.12. The number of aryl methyl sites for hydroxylation is 1. The highest BCUT2D eigenvalue weighted by Gasteiger charge is 2.14. The predicted molar refractivity (Wildman–Crippen MR) is 86.4 cm³/mol. The van der Waals surface area contributed by atoms with Gasteiger partial charge in [-0.3, -0.25) is 4.79 Å². The van der Waals surface area contributed by atoms with Gasteiger partial charge in [0.05, 0.1) is 6.61 Å². The van der Waals surface area contributed by atoms with Crippen LogP contribution in [-0.4, -0.2) is 31.1 Å². The molecule has 0 unspecified atom stereocenters. The SMILES string of the molecule is COCCN(Cc1ccsc1)C(=O)CCc1ccccc1. The lowest BCUT2D eigenvalue weighted by Gasteiger charge is -2.22. The molecule has 1 heterocycles. The van der Waals surface area contributed by atoms with Crippen LogP contribution in [-0.2, 0) is 22.5 Å². The number of methoxy groups -OCH3 is 1. The van der Waals surface area contributed by atoms with Gasteiger partial charge < -0.3 is 9.64 Å². The Morgan fingerprint density at radius 1 is 1.19 bits per heavy atom. The van der Waals surface area contributed by atoms with Gasteiger partial charge in [0, 0.05) is 26.6 Å². The first kappa shape index (κ1) is 15.7. The van der Waals surface area contributed by atoms with E-state index in [1.54, 1.807) is 18.4 Å². The molecule has 0 bridgehead atoms. The molecule has 3 nitrogen and oxygen atoms in total. The third kappa shape index (κ3) is 5.33. The number of hydrogen-bond acceptors (Lipinski definition) is 3. The van der Waals surface area contributed by atoms with Crippen molar-refractivity contribution < 1.29 is 9.53 Å². The summed E-state index contributed by atoms with van der Waals surface area (Å²) in [7, 11) is 1.66. The molecule has 0 atom stereocenters. The lowest BCUT2D eigenvalue weighted by Crippen LogP contribution is -2.33. The molecule has 112 valence electrons. The van der Waals surface area contributed by atoms with Gasteiger partial charge in [-0.25, -0.2) is 0 Å². The van der Waals surface area contributed by atoms with E-state index in [2.05, 4.69) is 23.6 Å². The summed E-state index contributed by atoms with van der Waals surface area (Å²) in [5.74, 6) is 0.183.